The van der Waals surface area contributed by atoms with Crippen LogP contribution in [0.15, 0.2) is 35.0 Å². The lowest BCUT2D eigenvalue weighted by atomic mass is 10.2. The van der Waals surface area contributed by atoms with Crippen molar-refractivity contribution < 1.29 is 14.3 Å². The zero-order valence-electron chi connectivity index (χ0n) is 11.7. The van der Waals surface area contributed by atoms with Crippen LogP contribution >= 0.6 is 0 Å². The van der Waals surface area contributed by atoms with Gasteiger partial charge in [0.25, 0.3) is 0 Å². The first kappa shape index (κ1) is 14.3. The summed E-state index contributed by atoms with van der Waals surface area (Å²) < 4.78 is 5.21. The zero-order chi connectivity index (χ0) is 14.5. The summed E-state index contributed by atoms with van der Waals surface area (Å²) in [5, 5.41) is 8.90. The van der Waals surface area contributed by atoms with Gasteiger partial charge in [0.05, 0.1) is 0 Å². The van der Waals surface area contributed by atoms with Gasteiger partial charge in [-0.15, -0.1) is 0 Å². The van der Waals surface area contributed by atoms with Gasteiger partial charge in [-0.25, -0.2) is 4.79 Å². The van der Waals surface area contributed by atoms with Gasteiger partial charge in [-0.3, -0.25) is 4.98 Å². The van der Waals surface area contributed by atoms with E-state index in [0.29, 0.717) is 12.3 Å². The number of aromatic carboxylic acids is 1. The van der Waals surface area contributed by atoms with Crippen molar-refractivity contribution >= 4 is 5.97 Å². The number of aryl methyl sites for hydroxylation is 1. The van der Waals surface area contributed by atoms with Crippen LogP contribution in [-0.4, -0.2) is 34.6 Å². The van der Waals surface area contributed by atoms with Crippen molar-refractivity contribution in [2.24, 2.45) is 0 Å². The van der Waals surface area contributed by atoms with E-state index in [4.69, 9.17) is 9.52 Å². The van der Waals surface area contributed by atoms with E-state index in [9.17, 15) is 4.79 Å². The van der Waals surface area contributed by atoms with Crippen LogP contribution in [-0.2, 0) is 13.0 Å². The minimum atomic E-state index is -1.03. The Morgan fingerprint density at radius 1 is 1.40 bits per heavy atom. The van der Waals surface area contributed by atoms with Gasteiger partial charge in [-0.1, -0.05) is 0 Å². The fourth-order valence-electron chi connectivity index (χ4n) is 2.02. The van der Waals surface area contributed by atoms with Gasteiger partial charge in [-0.2, -0.15) is 0 Å². The van der Waals surface area contributed by atoms with Gasteiger partial charge in [-0.05, 0) is 44.2 Å². The van der Waals surface area contributed by atoms with E-state index in [1.807, 2.05) is 19.2 Å². The van der Waals surface area contributed by atoms with Crippen LogP contribution in [0.5, 0.6) is 0 Å². The summed E-state index contributed by atoms with van der Waals surface area (Å²) in [6, 6.07) is 5.60. The van der Waals surface area contributed by atoms with Crippen LogP contribution in [0.1, 0.15) is 27.4 Å². The number of nitrogens with zero attached hydrogens (tertiary/aromatic N) is 2. The first-order chi connectivity index (χ1) is 9.56. The maximum atomic E-state index is 10.8. The molecule has 5 nitrogen and oxygen atoms in total. The molecule has 0 saturated heterocycles. The standard InChI is InChI=1S/C15H18N2O3/c1-11-13(9-14(20-11)15(18)19)10-17(2)8-5-12-3-6-16-7-4-12/h3-4,6-7,9H,5,8,10H2,1-2H3,(H,18,19). The molecule has 2 aromatic rings. The Bertz CT molecular complexity index is 578. The number of carboxylic acids is 1. The Kier molecular flexibility index (Phi) is 4.53. The van der Waals surface area contributed by atoms with Crippen molar-refractivity contribution in [3.8, 4) is 0 Å². The number of pyridine rings is 1. The molecular weight excluding hydrogens is 256 g/mol. The molecule has 2 heterocycles. The second kappa shape index (κ2) is 6.34. The maximum Gasteiger partial charge on any atom is 0.371 e. The van der Waals surface area contributed by atoms with Crippen molar-refractivity contribution in [3.05, 3.63) is 53.2 Å². The Morgan fingerprint density at radius 2 is 2.10 bits per heavy atom. The fourth-order valence-corrected chi connectivity index (χ4v) is 2.02. The number of aromatic nitrogens is 1. The van der Waals surface area contributed by atoms with Crippen LogP contribution in [0.25, 0.3) is 0 Å². The molecule has 1 N–H and O–H groups in total. The number of rotatable bonds is 6. The molecule has 0 aliphatic heterocycles. The Labute approximate surface area is 117 Å². The summed E-state index contributed by atoms with van der Waals surface area (Å²) in [4.78, 5) is 17.0. The van der Waals surface area contributed by atoms with Gasteiger partial charge in [0, 0.05) is 31.0 Å². The lowest BCUT2D eigenvalue weighted by molar-refractivity contribution is 0.0661. The van der Waals surface area contributed by atoms with E-state index in [1.165, 1.54) is 5.56 Å². The molecule has 20 heavy (non-hydrogen) atoms. The third-order valence-corrected chi connectivity index (χ3v) is 3.20. The molecule has 2 rings (SSSR count). The molecular formula is C15H18N2O3. The van der Waals surface area contributed by atoms with Crippen LogP contribution in [0.4, 0.5) is 0 Å². The molecule has 0 aliphatic carbocycles. The first-order valence-corrected chi connectivity index (χ1v) is 6.46. The van der Waals surface area contributed by atoms with Crippen molar-refractivity contribution in [2.45, 2.75) is 19.9 Å². The van der Waals surface area contributed by atoms with Crippen molar-refractivity contribution in [3.63, 3.8) is 0 Å². The largest absolute Gasteiger partial charge is 0.475 e. The lowest BCUT2D eigenvalue weighted by Gasteiger charge is -2.15. The number of hydrogen-bond acceptors (Lipinski definition) is 4. The molecule has 0 bridgehead atoms. The normalized spacial score (nSPS) is 10.9. The number of carboxylic acid groups (broad SMARTS) is 1. The number of carbonyl (C=O) groups is 1. The number of furan rings is 1. The van der Waals surface area contributed by atoms with E-state index in [-0.39, 0.29) is 5.76 Å². The predicted octanol–water partition coefficient (Wildman–Crippen LogP) is 2.36. The molecule has 0 amide bonds. The molecule has 0 aliphatic rings. The fraction of sp³-hybridized carbons (Fsp3) is 0.333. The van der Waals surface area contributed by atoms with Crippen molar-refractivity contribution in [1.82, 2.24) is 9.88 Å². The van der Waals surface area contributed by atoms with E-state index in [0.717, 1.165) is 18.5 Å². The highest BCUT2D eigenvalue weighted by molar-refractivity contribution is 5.84. The van der Waals surface area contributed by atoms with Crippen LogP contribution < -0.4 is 0 Å². The van der Waals surface area contributed by atoms with Gasteiger partial charge in [0.1, 0.15) is 5.76 Å². The number of hydrogen-bond donors (Lipinski definition) is 1. The van der Waals surface area contributed by atoms with E-state index >= 15 is 0 Å². The third-order valence-electron chi connectivity index (χ3n) is 3.20. The highest BCUT2D eigenvalue weighted by atomic mass is 16.4. The maximum absolute atomic E-state index is 10.8. The highest BCUT2D eigenvalue weighted by Gasteiger charge is 2.14. The molecule has 0 radical (unpaired) electrons. The van der Waals surface area contributed by atoms with Crippen molar-refractivity contribution in [1.29, 1.82) is 0 Å². The summed E-state index contributed by atoms with van der Waals surface area (Å²) in [7, 11) is 2.01. The minimum Gasteiger partial charge on any atom is -0.475 e. The molecule has 0 fully saturated rings. The molecule has 0 unspecified atom stereocenters. The second-order valence-corrected chi connectivity index (χ2v) is 4.84. The van der Waals surface area contributed by atoms with Gasteiger partial charge in [0.15, 0.2) is 0 Å². The van der Waals surface area contributed by atoms with Crippen LogP contribution in [0.3, 0.4) is 0 Å². The van der Waals surface area contributed by atoms with Crippen LogP contribution in [0.2, 0.25) is 0 Å². The Morgan fingerprint density at radius 3 is 2.70 bits per heavy atom. The molecule has 0 aromatic carbocycles. The van der Waals surface area contributed by atoms with Gasteiger partial charge in [0.2, 0.25) is 5.76 Å². The van der Waals surface area contributed by atoms with Crippen LogP contribution in [0, 0.1) is 6.92 Å². The molecule has 2 aromatic heterocycles. The SMILES string of the molecule is Cc1oc(C(=O)O)cc1CN(C)CCc1ccncc1. The average Bonchev–Trinajstić information content (AvgIpc) is 2.79. The summed E-state index contributed by atoms with van der Waals surface area (Å²) in [5.41, 5.74) is 2.15. The summed E-state index contributed by atoms with van der Waals surface area (Å²) in [6.45, 7) is 3.35. The summed E-state index contributed by atoms with van der Waals surface area (Å²) in [5.74, 6) is -0.364. The average molecular weight is 274 g/mol. The Hall–Kier alpha value is -2.14. The molecule has 0 atom stereocenters. The molecule has 0 spiro atoms. The third kappa shape index (κ3) is 3.68. The van der Waals surface area contributed by atoms with E-state index < -0.39 is 5.97 Å². The molecule has 5 heteroatoms. The predicted molar refractivity (Wildman–Crippen MR) is 74.7 cm³/mol. The van der Waals surface area contributed by atoms with E-state index in [2.05, 4.69) is 9.88 Å². The highest BCUT2D eigenvalue weighted by Crippen LogP contribution is 2.16. The lowest BCUT2D eigenvalue weighted by Crippen LogP contribution is -2.20. The second-order valence-electron chi connectivity index (χ2n) is 4.84. The van der Waals surface area contributed by atoms with Crippen molar-refractivity contribution in [2.75, 3.05) is 13.6 Å². The quantitative estimate of drug-likeness (QED) is 0.876. The Balaban J connectivity index is 1.91. The monoisotopic (exact) mass is 274 g/mol. The summed E-state index contributed by atoms with van der Waals surface area (Å²) >= 11 is 0. The summed E-state index contributed by atoms with van der Waals surface area (Å²) in [6.07, 6.45) is 4.51. The van der Waals surface area contributed by atoms with E-state index in [1.54, 1.807) is 25.4 Å². The van der Waals surface area contributed by atoms with Gasteiger partial charge >= 0.3 is 5.97 Å². The number of likely N-dealkylation sites (N-methyl/N-ethyl adjacent to an activating group) is 1. The molecule has 106 valence electrons. The molecule has 0 saturated carbocycles. The first-order valence-electron chi connectivity index (χ1n) is 6.46. The smallest absolute Gasteiger partial charge is 0.371 e. The zero-order valence-corrected chi connectivity index (χ0v) is 11.7. The topological polar surface area (TPSA) is 66.6 Å². The van der Waals surface area contributed by atoms with Gasteiger partial charge < -0.3 is 14.4 Å². The minimum absolute atomic E-state index is 0.0000313.